The summed E-state index contributed by atoms with van der Waals surface area (Å²) in [7, 11) is 2.97. The van der Waals surface area contributed by atoms with Gasteiger partial charge in [-0.2, -0.15) is 0 Å². The standard InChI is InChI=1S/C21H19F2N3O4S/c1-29-17-7-6-12(8-18(17)30-2)20(28)26-21-25-13(11-31-21)9-19(27)24-10-14-15(22)4-3-5-16(14)23/h3-8,11H,9-10H2,1-2H3,(H,24,27)(H,25,26,28). The van der Waals surface area contributed by atoms with Gasteiger partial charge in [0.1, 0.15) is 11.6 Å². The van der Waals surface area contributed by atoms with Crippen LogP contribution in [0.3, 0.4) is 0 Å². The average molecular weight is 447 g/mol. The number of amides is 2. The molecule has 0 aliphatic rings. The summed E-state index contributed by atoms with van der Waals surface area (Å²) in [6, 6.07) is 8.24. The van der Waals surface area contributed by atoms with Gasteiger partial charge in [-0.3, -0.25) is 14.9 Å². The molecule has 3 aromatic rings. The molecule has 1 aromatic heterocycles. The number of thiazole rings is 1. The van der Waals surface area contributed by atoms with Gasteiger partial charge in [-0.1, -0.05) is 6.07 Å². The Morgan fingerprint density at radius 1 is 1.06 bits per heavy atom. The Hall–Kier alpha value is -3.53. The molecule has 0 bridgehead atoms. The Morgan fingerprint density at radius 2 is 1.77 bits per heavy atom. The second-order valence-electron chi connectivity index (χ2n) is 6.32. The zero-order chi connectivity index (χ0) is 22.4. The molecule has 31 heavy (non-hydrogen) atoms. The van der Waals surface area contributed by atoms with E-state index in [0.29, 0.717) is 27.9 Å². The molecule has 0 unspecified atom stereocenters. The fourth-order valence-corrected chi connectivity index (χ4v) is 3.41. The van der Waals surface area contributed by atoms with Crippen molar-refractivity contribution in [3.05, 3.63) is 70.2 Å². The molecule has 0 atom stereocenters. The van der Waals surface area contributed by atoms with Crippen molar-refractivity contribution in [3.8, 4) is 11.5 Å². The molecule has 2 N–H and O–H groups in total. The van der Waals surface area contributed by atoms with E-state index in [1.165, 1.54) is 26.4 Å². The summed E-state index contributed by atoms with van der Waals surface area (Å²) < 4.78 is 37.6. The van der Waals surface area contributed by atoms with Gasteiger partial charge in [0.15, 0.2) is 16.6 Å². The summed E-state index contributed by atoms with van der Waals surface area (Å²) in [5.41, 5.74) is 0.551. The minimum absolute atomic E-state index is 0.0984. The van der Waals surface area contributed by atoms with Gasteiger partial charge in [0, 0.05) is 23.1 Å². The lowest BCUT2D eigenvalue weighted by Crippen LogP contribution is -2.25. The summed E-state index contributed by atoms with van der Waals surface area (Å²) in [4.78, 5) is 28.7. The molecule has 0 saturated heterocycles. The van der Waals surface area contributed by atoms with Gasteiger partial charge >= 0.3 is 0 Å². The number of carbonyl (C=O) groups is 2. The molecular weight excluding hydrogens is 428 g/mol. The normalized spacial score (nSPS) is 10.5. The molecule has 10 heteroatoms. The van der Waals surface area contributed by atoms with Crippen LogP contribution in [0.5, 0.6) is 11.5 Å². The summed E-state index contributed by atoms with van der Waals surface area (Å²) in [6.45, 7) is -0.273. The molecular formula is C21H19F2N3O4S. The van der Waals surface area contributed by atoms with Gasteiger partial charge in [0.25, 0.3) is 5.91 Å². The number of halogens is 2. The van der Waals surface area contributed by atoms with Crippen molar-refractivity contribution in [2.24, 2.45) is 0 Å². The summed E-state index contributed by atoms with van der Waals surface area (Å²) in [6.07, 6.45) is -0.0984. The minimum Gasteiger partial charge on any atom is -0.493 e. The van der Waals surface area contributed by atoms with Gasteiger partial charge in [-0.25, -0.2) is 13.8 Å². The Balaban J connectivity index is 1.57. The van der Waals surface area contributed by atoms with E-state index >= 15 is 0 Å². The first-order valence-corrected chi connectivity index (χ1v) is 9.96. The van der Waals surface area contributed by atoms with Crippen LogP contribution in [0.25, 0.3) is 0 Å². The molecule has 0 aliphatic heterocycles. The van der Waals surface area contributed by atoms with Gasteiger partial charge < -0.3 is 14.8 Å². The maximum Gasteiger partial charge on any atom is 0.257 e. The fraction of sp³-hybridized carbons (Fsp3) is 0.190. The molecule has 0 fully saturated rings. The van der Waals surface area contributed by atoms with Crippen molar-refractivity contribution in [1.29, 1.82) is 0 Å². The lowest BCUT2D eigenvalue weighted by Gasteiger charge is -2.09. The lowest BCUT2D eigenvalue weighted by molar-refractivity contribution is -0.120. The van der Waals surface area contributed by atoms with Crippen LogP contribution in [0.2, 0.25) is 0 Å². The quantitative estimate of drug-likeness (QED) is 0.551. The molecule has 0 aliphatic carbocycles. The Labute approximate surface area is 181 Å². The Bertz CT molecular complexity index is 1080. The van der Waals surface area contributed by atoms with Crippen LogP contribution in [0.15, 0.2) is 41.8 Å². The number of anilines is 1. The number of carbonyl (C=O) groups excluding carboxylic acids is 2. The third-order valence-electron chi connectivity index (χ3n) is 4.28. The third kappa shape index (κ3) is 5.54. The monoisotopic (exact) mass is 447 g/mol. The van der Waals surface area contributed by atoms with Crippen LogP contribution >= 0.6 is 11.3 Å². The highest BCUT2D eigenvalue weighted by molar-refractivity contribution is 7.14. The van der Waals surface area contributed by atoms with Crippen LogP contribution < -0.4 is 20.1 Å². The Morgan fingerprint density at radius 3 is 2.45 bits per heavy atom. The van der Waals surface area contributed by atoms with E-state index in [0.717, 1.165) is 23.5 Å². The molecule has 1 heterocycles. The van der Waals surface area contributed by atoms with Crippen LogP contribution in [-0.4, -0.2) is 31.0 Å². The van der Waals surface area contributed by atoms with E-state index in [4.69, 9.17) is 9.47 Å². The highest BCUT2D eigenvalue weighted by atomic mass is 32.1. The maximum atomic E-state index is 13.6. The first kappa shape index (κ1) is 22.2. The SMILES string of the molecule is COc1ccc(C(=O)Nc2nc(CC(=O)NCc3c(F)cccc3F)cs2)cc1OC. The largest absolute Gasteiger partial charge is 0.493 e. The second kappa shape index (κ2) is 9.98. The first-order valence-electron chi connectivity index (χ1n) is 9.08. The average Bonchev–Trinajstić information content (AvgIpc) is 3.19. The molecule has 0 spiro atoms. The number of nitrogens with zero attached hydrogens (tertiary/aromatic N) is 1. The number of hydrogen-bond donors (Lipinski definition) is 2. The summed E-state index contributed by atoms with van der Waals surface area (Å²) in [5.74, 6) is -1.40. The van der Waals surface area contributed by atoms with E-state index in [2.05, 4.69) is 15.6 Å². The molecule has 7 nitrogen and oxygen atoms in total. The minimum atomic E-state index is -0.728. The van der Waals surface area contributed by atoms with Crippen molar-refractivity contribution < 1.29 is 27.8 Å². The molecule has 2 aromatic carbocycles. The molecule has 3 rings (SSSR count). The van der Waals surface area contributed by atoms with Gasteiger partial charge in [-0.15, -0.1) is 11.3 Å². The number of nitrogens with one attached hydrogen (secondary N) is 2. The second-order valence-corrected chi connectivity index (χ2v) is 7.18. The van der Waals surface area contributed by atoms with E-state index in [1.807, 2.05) is 0 Å². The van der Waals surface area contributed by atoms with E-state index in [1.54, 1.807) is 17.5 Å². The molecule has 0 radical (unpaired) electrons. The van der Waals surface area contributed by atoms with Crippen molar-refractivity contribution >= 4 is 28.3 Å². The smallest absolute Gasteiger partial charge is 0.257 e. The highest BCUT2D eigenvalue weighted by Gasteiger charge is 2.15. The summed E-state index contributed by atoms with van der Waals surface area (Å²) >= 11 is 1.15. The number of benzene rings is 2. The van der Waals surface area contributed by atoms with Gasteiger partial charge in [0.2, 0.25) is 5.91 Å². The topological polar surface area (TPSA) is 89.5 Å². The van der Waals surface area contributed by atoms with E-state index in [9.17, 15) is 18.4 Å². The third-order valence-corrected chi connectivity index (χ3v) is 5.09. The number of aromatic nitrogens is 1. The van der Waals surface area contributed by atoms with Crippen LogP contribution in [0.1, 0.15) is 21.6 Å². The molecule has 2 amide bonds. The zero-order valence-electron chi connectivity index (χ0n) is 16.7. The van der Waals surface area contributed by atoms with Crippen LogP contribution in [-0.2, 0) is 17.8 Å². The van der Waals surface area contributed by atoms with Crippen molar-refractivity contribution in [3.63, 3.8) is 0 Å². The lowest BCUT2D eigenvalue weighted by atomic mass is 10.2. The number of methoxy groups -OCH3 is 2. The zero-order valence-corrected chi connectivity index (χ0v) is 17.5. The molecule has 162 valence electrons. The first-order chi connectivity index (χ1) is 14.9. The van der Waals surface area contributed by atoms with Crippen LogP contribution in [0, 0.1) is 11.6 Å². The highest BCUT2D eigenvalue weighted by Crippen LogP contribution is 2.28. The van der Waals surface area contributed by atoms with Gasteiger partial charge in [0.05, 0.1) is 26.3 Å². The van der Waals surface area contributed by atoms with Crippen molar-refractivity contribution in [2.75, 3.05) is 19.5 Å². The van der Waals surface area contributed by atoms with Crippen molar-refractivity contribution in [1.82, 2.24) is 10.3 Å². The molecule has 0 saturated carbocycles. The predicted octanol–water partition coefficient (Wildman–Crippen LogP) is 3.55. The number of hydrogen-bond acceptors (Lipinski definition) is 6. The van der Waals surface area contributed by atoms with Gasteiger partial charge in [-0.05, 0) is 30.3 Å². The number of ether oxygens (including phenoxy) is 2. The fourth-order valence-electron chi connectivity index (χ4n) is 2.71. The van der Waals surface area contributed by atoms with E-state index < -0.39 is 23.4 Å². The summed E-state index contributed by atoms with van der Waals surface area (Å²) in [5, 5.41) is 7.04. The Kier molecular flexibility index (Phi) is 7.14. The number of rotatable bonds is 8. The maximum absolute atomic E-state index is 13.6. The van der Waals surface area contributed by atoms with Crippen molar-refractivity contribution in [2.45, 2.75) is 13.0 Å². The van der Waals surface area contributed by atoms with Crippen LogP contribution in [0.4, 0.5) is 13.9 Å². The van der Waals surface area contributed by atoms with E-state index in [-0.39, 0.29) is 18.5 Å². The predicted molar refractivity (Wildman–Crippen MR) is 112 cm³/mol.